The lowest BCUT2D eigenvalue weighted by atomic mass is 10.0. The zero-order valence-corrected chi connectivity index (χ0v) is 19.7. The van der Waals surface area contributed by atoms with Crippen LogP contribution in [0.15, 0.2) is 30.3 Å². The molecule has 1 aromatic carbocycles. The molecule has 6 N–H and O–H groups in total. The van der Waals surface area contributed by atoms with Crippen molar-refractivity contribution in [3.05, 3.63) is 46.0 Å². The van der Waals surface area contributed by atoms with Crippen LogP contribution in [0.4, 0.5) is 4.79 Å². The number of carbonyl (C=O) groups excluding carboxylic acids is 3. The average Bonchev–Trinajstić information content (AvgIpc) is 2.71. The third-order valence-corrected chi connectivity index (χ3v) is 4.40. The Kier molecular flexibility index (Phi) is 10.2. The van der Waals surface area contributed by atoms with Crippen LogP contribution < -0.4 is 21.7 Å². The first kappa shape index (κ1) is 28.1. The van der Waals surface area contributed by atoms with Crippen molar-refractivity contribution in [3.8, 4) is 0 Å². The first-order valence-electron chi connectivity index (χ1n) is 10.5. The first-order chi connectivity index (χ1) is 15.8. The number of nitrogens with two attached hydrogens (primary N) is 1. The fraction of sp³-hybridized carbons (Fsp3) is 0.524. The summed E-state index contributed by atoms with van der Waals surface area (Å²) in [5.74, 6) is -2.52. The monoisotopic (exact) mass is 480 g/mol. The number of amides is 2. The molecule has 188 valence electrons. The number of benzene rings is 1. The van der Waals surface area contributed by atoms with E-state index in [0.29, 0.717) is 5.56 Å². The fourth-order valence-corrected chi connectivity index (χ4v) is 3.04. The van der Waals surface area contributed by atoms with Gasteiger partial charge in [0, 0.05) is 24.2 Å². The van der Waals surface area contributed by atoms with Crippen LogP contribution in [0.2, 0.25) is 0 Å². The zero-order valence-electron chi connectivity index (χ0n) is 19.7. The third-order valence-electron chi connectivity index (χ3n) is 4.40. The van der Waals surface area contributed by atoms with E-state index in [9.17, 15) is 24.5 Å². The molecule has 0 radical (unpaired) electrons. The number of ether oxygens (including phenoxy) is 2. The van der Waals surface area contributed by atoms with Gasteiger partial charge in [-0.3, -0.25) is 20.3 Å². The predicted molar refractivity (Wildman–Crippen MR) is 122 cm³/mol. The van der Waals surface area contributed by atoms with E-state index in [4.69, 9.17) is 20.6 Å². The van der Waals surface area contributed by atoms with Gasteiger partial charge in [-0.25, -0.2) is 9.59 Å². The number of nitro groups is 1. The second kappa shape index (κ2) is 12.4. The molecule has 0 aromatic heterocycles. The second-order valence-electron chi connectivity index (χ2n) is 8.47. The van der Waals surface area contributed by atoms with E-state index in [1.807, 2.05) is 0 Å². The maximum absolute atomic E-state index is 13.3. The van der Waals surface area contributed by atoms with Gasteiger partial charge in [0.2, 0.25) is 18.1 Å². The Hall–Kier alpha value is -3.90. The van der Waals surface area contributed by atoms with Gasteiger partial charge in [0.15, 0.2) is 5.96 Å². The average molecular weight is 481 g/mol. The van der Waals surface area contributed by atoms with Gasteiger partial charge in [-0.15, -0.1) is 0 Å². The van der Waals surface area contributed by atoms with E-state index >= 15 is 0 Å². The molecule has 0 unspecified atom stereocenters. The smallest absolute Gasteiger partial charge is 0.408 e. The Labute approximate surface area is 197 Å². The van der Waals surface area contributed by atoms with Crippen molar-refractivity contribution in [2.24, 2.45) is 5.73 Å². The lowest BCUT2D eigenvalue weighted by Crippen LogP contribution is -2.69. The predicted octanol–water partition coefficient (Wildman–Crippen LogP) is 0.648. The van der Waals surface area contributed by atoms with Crippen LogP contribution in [0.1, 0.15) is 39.2 Å². The molecule has 0 aliphatic rings. The highest BCUT2D eigenvalue weighted by Gasteiger charge is 2.43. The Morgan fingerprint density at radius 3 is 2.29 bits per heavy atom. The zero-order chi connectivity index (χ0) is 25.9. The van der Waals surface area contributed by atoms with Crippen LogP contribution in [-0.4, -0.2) is 59.8 Å². The first-order valence-corrected chi connectivity index (χ1v) is 10.5. The van der Waals surface area contributed by atoms with Crippen molar-refractivity contribution in [1.29, 1.82) is 5.41 Å². The topological polar surface area (TPSA) is 199 Å². The van der Waals surface area contributed by atoms with Gasteiger partial charge in [-0.2, -0.15) is 0 Å². The third kappa shape index (κ3) is 9.71. The van der Waals surface area contributed by atoms with Crippen LogP contribution in [0.25, 0.3) is 0 Å². The number of hydrogen-bond acceptors (Lipinski definition) is 8. The van der Waals surface area contributed by atoms with Gasteiger partial charge < -0.3 is 31.2 Å². The number of nitrogens with zero attached hydrogens (tertiary/aromatic N) is 1. The summed E-state index contributed by atoms with van der Waals surface area (Å²) < 4.78 is 10.0. The molecule has 2 amide bonds. The minimum atomic E-state index is -2.07. The molecule has 13 nitrogen and oxygen atoms in total. The van der Waals surface area contributed by atoms with Gasteiger partial charge >= 0.3 is 12.1 Å². The highest BCUT2D eigenvalue weighted by atomic mass is 16.6. The molecule has 1 rings (SSSR count). The number of rotatable bonds is 11. The van der Waals surface area contributed by atoms with Gasteiger partial charge in [0.05, 0.1) is 7.11 Å². The van der Waals surface area contributed by atoms with Crippen LogP contribution >= 0.6 is 0 Å². The molecule has 0 bridgehead atoms. The Balaban J connectivity index is 3.26. The summed E-state index contributed by atoms with van der Waals surface area (Å²) in [5, 5.41) is 25.6. The molecule has 13 heteroatoms. The molecule has 0 heterocycles. The minimum absolute atomic E-state index is 0.0398. The molecule has 0 fully saturated rings. The van der Waals surface area contributed by atoms with Crippen molar-refractivity contribution in [2.75, 3.05) is 13.7 Å². The summed E-state index contributed by atoms with van der Waals surface area (Å²) in [6.45, 7) is 4.48. The maximum atomic E-state index is 13.3. The standard InChI is InChI=1S/C21H32N6O7/c1-20(2,3)34-19(30)24-15(13-14-9-6-5-7-10-14)16(28)25-21(17(29)33-4,26-18(22)23)11-8-12-27(31)32/h5-7,9-10,15H,8,11-13H2,1-4H3,(H,24,30)(H,25,28)(H4,22,23,26)/t15-,21-/m1/s1. The highest BCUT2D eigenvalue weighted by molar-refractivity contribution is 5.94. The Bertz CT molecular complexity index is 887. The van der Waals surface area contributed by atoms with Crippen LogP contribution in [0.5, 0.6) is 0 Å². The molecule has 0 spiro atoms. The number of alkyl carbamates (subject to hydrolysis) is 1. The molecular weight excluding hydrogens is 448 g/mol. The normalized spacial score (nSPS) is 13.5. The number of nitrogens with one attached hydrogen (secondary N) is 4. The van der Waals surface area contributed by atoms with E-state index < -0.39 is 52.7 Å². The van der Waals surface area contributed by atoms with Gasteiger partial charge in [0.1, 0.15) is 11.6 Å². The highest BCUT2D eigenvalue weighted by Crippen LogP contribution is 2.15. The largest absolute Gasteiger partial charge is 0.466 e. The van der Waals surface area contributed by atoms with Gasteiger partial charge in [-0.05, 0) is 26.3 Å². The van der Waals surface area contributed by atoms with Crippen molar-refractivity contribution in [3.63, 3.8) is 0 Å². The number of guanidine groups is 1. The summed E-state index contributed by atoms with van der Waals surface area (Å²) >= 11 is 0. The van der Waals surface area contributed by atoms with Crippen molar-refractivity contribution >= 4 is 23.9 Å². The van der Waals surface area contributed by atoms with Crippen molar-refractivity contribution < 1.29 is 28.8 Å². The van der Waals surface area contributed by atoms with Crippen molar-refractivity contribution in [2.45, 2.75) is 57.3 Å². The fourth-order valence-electron chi connectivity index (χ4n) is 3.04. The van der Waals surface area contributed by atoms with Crippen LogP contribution in [-0.2, 0) is 25.5 Å². The number of hydrogen-bond donors (Lipinski definition) is 5. The van der Waals surface area contributed by atoms with Gasteiger partial charge in [0.25, 0.3) is 0 Å². The molecule has 0 saturated heterocycles. The molecular formula is C21H32N6O7. The lowest BCUT2D eigenvalue weighted by molar-refractivity contribution is -0.480. The van der Waals surface area contributed by atoms with E-state index in [1.54, 1.807) is 51.1 Å². The summed E-state index contributed by atoms with van der Waals surface area (Å²) in [7, 11) is 1.05. The van der Waals surface area contributed by atoms with E-state index in [-0.39, 0.29) is 19.3 Å². The van der Waals surface area contributed by atoms with Crippen LogP contribution in [0.3, 0.4) is 0 Å². The van der Waals surface area contributed by atoms with Crippen molar-refractivity contribution in [1.82, 2.24) is 16.0 Å². The molecule has 1 aromatic rings. The molecule has 0 aliphatic heterocycles. The van der Waals surface area contributed by atoms with Crippen LogP contribution in [0, 0.1) is 15.5 Å². The quantitative estimate of drug-likeness (QED) is 0.0753. The summed E-state index contributed by atoms with van der Waals surface area (Å²) in [6.07, 6.45) is -1.28. The Morgan fingerprint density at radius 2 is 1.79 bits per heavy atom. The summed E-state index contributed by atoms with van der Waals surface area (Å²) in [4.78, 5) is 48.5. The maximum Gasteiger partial charge on any atom is 0.408 e. The molecule has 34 heavy (non-hydrogen) atoms. The number of carbonyl (C=O) groups is 3. The number of methoxy groups -OCH3 is 1. The minimum Gasteiger partial charge on any atom is -0.466 e. The molecule has 2 atom stereocenters. The van der Waals surface area contributed by atoms with Gasteiger partial charge in [-0.1, -0.05) is 30.3 Å². The van der Waals surface area contributed by atoms with E-state index in [0.717, 1.165) is 7.11 Å². The number of esters is 1. The lowest BCUT2D eigenvalue weighted by Gasteiger charge is -2.34. The second-order valence-corrected chi connectivity index (χ2v) is 8.47. The van der Waals surface area contributed by atoms with E-state index in [2.05, 4.69) is 16.0 Å². The van der Waals surface area contributed by atoms with E-state index in [1.165, 1.54) is 0 Å². The summed E-state index contributed by atoms with van der Waals surface area (Å²) in [6, 6.07) is 7.58. The Morgan fingerprint density at radius 1 is 1.18 bits per heavy atom. The molecule has 0 aliphatic carbocycles. The SMILES string of the molecule is COC(=O)[C@@](CCC[N+](=O)[O-])(NC(=N)N)NC(=O)[C@@H](Cc1ccccc1)NC(=O)OC(C)(C)C. The summed E-state index contributed by atoms with van der Waals surface area (Å²) in [5.41, 5.74) is 3.22. The molecule has 0 saturated carbocycles.